The SMILES string of the molecule is CCc1cccnc1CNC(=O)c1csc(C(C)N)n1. The number of nitrogens with zero attached hydrogens (tertiary/aromatic N) is 2. The summed E-state index contributed by atoms with van der Waals surface area (Å²) in [5.41, 5.74) is 8.19. The third-order valence-corrected chi connectivity index (χ3v) is 3.97. The molecule has 0 radical (unpaired) electrons. The topological polar surface area (TPSA) is 80.9 Å². The summed E-state index contributed by atoms with van der Waals surface area (Å²) in [5.74, 6) is -0.194. The normalized spacial score (nSPS) is 12.2. The van der Waals surface area contributed by atoms with Crippen LogP contribution in [0, 0.1) is 0 Å². The van der Waals surface area contributed by atoms with Gasteiger partial charge in [0.1, 0.15) is 10.7 Å². The van der Waals surface area contributed by atoms with Crippen LogP contribution in [0.25, 0.3) is 0 Å². The number of rotatable bonds is 5. The third kappa shape index (κ3) is 3.40. The average molecular weight is 290 g/mol. The van der Waals surface area contributed by atoms with Crippen molar-refractivity contribution < 1.29 is 4.79 Å². The summed E-state index contributed by atoms with van der Waals surface area (Å²) >= 11 is 1.40. The quantitative estimate of drug-likeness (QED) is 0.883. The molecule has 0 spiro atoms. The first-order valence-electron chi connectivity index (χ1n) is 6.53. The minimum atomic E-state index is -0.194. The van der Waals surface area contributed by atoms with Crippen LogP contribution in [0.3, 0.4) is 0 Å². The predicted molar refractivity (Wildman–Crippen MR) is 79.5 cm³/mol. The zero-order chi connectivity index (χ0) is 14.5. The molecule has 2 aromatic heterocycles. The lowest BCUT2D eigenvalue weighted by atomic mass is 10.1. The lowest BCUT2D eigenvalue weighted by Crippen LogP contribution is -2.24. The van der Waals surface area contributed by atoms with Crippen molar-refractivity contribution in [3.63, 3.8) is 0 Å². The number of aromatic nitrogens is 2. The van der Waals surface area contributed by atoms with E-state index in [0.717, 1.165) is 22.7 Å². The van der Waals surface area contributed by atoms with Crippen molar-refractivity contribution >= 4 is 17.2 Å². The average Bonchev–Trinajstić information content (AvgIpc) is 2.95. The van der Waals surface area contributed by atoms with E-state index in [1.165, 1.54) is 11.3 Å². The Morgan fingerprint density at radius 2 is 2.35 bits per heavy atom. The van der Waals surface area contributed by atoms with Crippen molar-refractivity contribution in [3.05, 3.63) is 45.7 Å². The molecule has 0 saturated heterocycles. The maximum atomic E-state index is 12.0. The van der Waals surface area contributed by atoms with Crippen LogP contribution in [0.15, 0.2) is 23.7 Å². The number of nitrogens with one attached hydrogen (secondary N) is 1. The number of thiazole rings is 1. The highest BCUT2D eigenvalue weighted by atomic mass is 32.1. The van der Waals surface area contributed by atoms with Gasteiger partial charge in [0, 0.05) is 11.6 Å². The number of nitrogens with two attached hydrogens (primary N) is 1. The Morgan fingerprint density at radius 1 is 1.55 bits per heavy atom. The van der Waals surface area contributed by atoms with E-state index in [-0.39, 0.29) is 11.9 Å². The number of carbonyl (C=O) groups excluding carboxylic acids is 1. The molecule has 0 aromatic carbocycles. The fraction of sp³-hybridized carbons (Fsp3) is 0.357. The Kier molecular flexibility index (Phi) is 4.81. The second-order valence-corrected chi connectivity index (χ2v) is 5.39. The molecule has 1 unspecified atom stereocenters. The molecule has 1 atom stereocenters. The van der Waals surface area contributed by atoms with Crippen LogP contribution in [-0.4, -0.2) is 15.9 Å². The van der Waals surface area contributed by atoms with Crippen molar-refractivity contribution in [2.45, 2.75) is 32.9 Å². The van der Waals surface area contributed by atoms with Gasteiger partial charge in [0.2, 0.25) is 0 Å². The molecular formula is C14H18N4OS. The van der Waals surface area contributed by atoms with E-state index < -0.39 is 0 Å². The Bertz CT molecular complexity index is 594. The second kappa shape index (κ2) is 6.58. The molecule has 6 heteroatoms. The first-order chi connectivity index (χ1) is 9.61. The summed E-state index contributed by atoms with van der Waals surface area (Å²) < 4.78 is 0. The maximum absolute atomic E-state index is 12.0. The van der Waals surface area contributed by atoms with Crippen LogP contribution in [-0.2, 0) is 13.0 Å². The van der Waals surface area contributed by atoms with E-state index in [1.54, 1.807) is 11.6 Å². The van der Waals surface area contributed by atoms with Gasteiger partial charge in [0.05, 0.1) is 18.3 Å². The molecule has 2 rings (SSSR count). The molecule has 106 valence electrons. The van der Waals surface area contributed by atoms with E-state index in [2.05, 4.69) is 22.2 Å². The van der Waals surface area contributed by atoms with E-state index in [0.29, 0.717) is 12.2 Å². The van der Waals surface area contributed by atoms with Gasteiger partial charge in [-0.05, 0) is 25.0 Å². The van der Waals surface area contributed by atoms with Crippen molar-refractivity contribution in [1.82, 2.24) is 15.3 Å². The molecule has 0 saturated carbocycles. The van der Waals surface area contributed by atoms with E-state index in [9.17, 15) is 4.79 Å². The fourth-order valence-electron chi connectivity index (χ4n) is 1.81. The molecule has 0 bridgehead atoms. The number of amides is 1. The lowest BCUT2D eigenvalue weighted by Gasteiger charge is -2.07. The van der Waals surface area contributed by atoms with Gasteiger partial charge >= 0.3 is 0 Å². The second-order valence-electron chi connectivity index (χ2n) is 4.51. The lowest BCUT2D eigenvalue weighted by molar-refractivity contribution is 0.0946. The van der Waals surface area contributed by atoms with E-state index in [4.69, 9.17) is 5.73 Å². The number of aryl methyl sites for hydroxylation is 1. The molecule has 2 heterocycles. The summed E-state index contributed by atoms with van der Waals surface area (Å²) in [4.78, 5) is 20.5. The smallest absolute Gasteiger partial charge is 0.271 e. The van der Waals surface area contributed by atoms with Gasteiger partial charge in [-0.1, -0.05) is 13.0 Å². The van der Waals surface area contributed by atoms with Crippen LogP contribution in [0.2, 0.25) is 0 Å². The summed E-state index contributed by atoms with van der Waals surface area (Å²) in [6.07, 6.45) is 2.63. The highest BCUT2D eigenvalue weighted by Gasteiger charge is 2.13. The van der Waals surface area contributed by atoms with E-state index >= 15 is 0 Å². The molecule has 0 aliphatic rings. The number of hydrogen-bond donors (Lipinski definition) is 2. The van der Waals surface area contributed by atoms with Crippen molar-refractivity contribution in [2.75, 3.05) is 0 Å². The molecule has 1 amide bonds. The van der Waals surface area contributed by atoms with Crippen molar-refractivity contribution in [1.29, 1.82) is 0 Å². The number of carbonyl (C=O) groups is 1. The van der Waals surface area contributed by atoms with Crippen molar-refractivity contribution in [3.8, 4) is 0 Å². The summed E-state index contributed by atoms with van der Waals surface area (Å²) in [7, 11) is 0. The van der Waals surface area contributed by atoms with Crippen LogP contribution in [0.1, 0.15) is 46.6 Å². The molecule has 5 nitrogen and oxygen atoms in total. The van der Waals surface area contributed by atoms with Crippen molar-refractivity contribution in [2.24, 2.45) is 5.73 Å². The molecule has 0 aliphatic heterocycles. The van der Waals surface area contributed by atoms with Gasteiger partial charge in [0.25, 0.3) is 5.91 Å². The van der Waals surface area contributed by atoms with Crippen LogP contribution < -0.4 is 11.1 Å². The van der Waals surface area contributed by atoms with Gasteiger partial charge in [-0.15, -0.1) is 11.3 Å². The molecule has 2 aromatic rings. The van der Waals surface area contributed by atoms with Crippen LogP contribution in [0.4, 0.5) is 0 Å². The van der Waals surface area contributed by atoms with Gasteiger partial charge in [0.15, 0.2) is 0 Å². The summed E-state index contributed by atoms with van der Waals surface area (Å²) in [5, 5.41) is 5.34. The minimum Gasteiger partial charge on any atom is -0.345 e. The first-order valence-corrected chi connectivity index (χ1v) is 7.41. The third-order valence-electron chi connectivity index (χ3n) is 2.93. The highest BCUT2D eigenvalue weighted by molar-refractivity contribution is 7.09. The monoisotopic (exact) mass is 290 g/mol. The van der Waals surface area contributed by atoms with Gasteiger partial charge in [-0.2, -0.15) is 0 Å². The number of pyridine rings is 1. The molecule has 0 fully saturated rings. The maximum Gasteiger partial charge on any atom is 0.271 e. The molecule has 3 N–H and O–H groups in total. The molecular weight excluding hydrogens is 272 g/mol. The standard InChI is InChI=1S/C14H18N4OS/c1-3-10-5-4-6-16-11(10)7-17-13(19)12-8-20-14(18-12)9(2)15/h4-6,8-9H,3,7,15H2,1-2H3,(H,17,19). The largest absolute Gasteiger partial charge is 0.345 e. The summed E-state index contributed by atoms with van der Waals surface area (Å²) in [6.45, 7) is 4.33. The van der Waals surface area contributed by atoms with Gasteiger partial charge in [-0.3, -0.25) is 9.78 Å². The Labute approximate surface area is 122 Å². The van der Waals surface area contributed by atoms with Crippen LogP contribution in [0.5, 0.6) is 0 Å². The summed E-state index contributed by atoms with van der Waals surface area (Å²) in [6, 6.07) is 3.77. The predicted octanol–water partition coefficient (Wildman–Crippen LogP) is 2.05. The Morgan fingerprint density at radius 3 is 3.00 bits per heavy atom. The van der Waals surface area contributed by atoms with Crippen LogP contribution >= 0.6 is 11.3 Å². The number of hydrogen-bond acceptors (Lipinski definition) is 5. The minimum absolute atomic E-state index is 0.149. The molecule has 20 heavy (non-hydrogen) atoms. The van der Waals surface area contributed by atoms with E-state index in [1.807, 2.05) is 19.1 Å². The first kappa shape index (κ1) is 14.6. The Balaban J connectivity index is 2.01. The van der Waals surface area contributed by atoms with Gasteiger partial charge < -0.3 is 11.1 Å². The molecule has 0 aliphatic carbocycles. The van der Waals surface area contributed by atoms with Gasteiger partial charge in [-0.25, -0.2) is 4.98 Å². The fourth-order valence-corrected chi connectivity index (χ4v) is 2.57. The highest BCUT2D eigenvalue weighted by Crippen LogP contribution is 2.15. The Hall–Kier alpha value is -1.79. The zero-order valence-corrected chi connectivity index (χ0v) is 12.4. The zero-order valence-electron chi connectivity index (χ0n) is 11.6.